The summed E-state index contributed by atoms with van der Waals surface area (Å²) < 4.78 is 5.79. The third kappa shape index (κ3) is 6.32. The van der Waals surface area contributed by atoms with Gasteiger partial charge in [-0.15, -0.1) is 11.8 Å². The second-order valence-electron chi connectivity index (χ2n) is 4.28. The topological polar surface area (TPSA) is 24.5 Å². The van der Waals surface area contributed by atoms with Crippen molar-refractivity contribution >= 4 is 11.8 Å². The van der Waals surface area contributed by atoms with Gasteiger partial charge in [0.05, 0.1) is 0 Å². The summed E-state index contributed by atoms with van der Waals surface area (Å²) in [4.78, 5) is 3.61. The van der Waals surface area contributed by atoms with Crippen LogP contribution in [0.4, 0.5) is 0 Å². The average molecular weight is 282 g/mol. The number of hydrogen-bond donors (Lipinski definition) is 1. The highest BCUT2D eigenvalue weighted by atomic mass is 32.2. The van der Waals surface area contributed by atoms with Crippen LogP contribution in [0.25, 0.3) is 0 Å². The Balaban J connectivity index is 2.14. The van der Waals surface area contributed by atoms with Gasteiger partial charge in [0, 0.05) is 24.5 Å². The van der Waals surface area contributed by atoms with Crippen molar-refractivity contribution in [2.75, 3.05) is 45.6 Å². The molecule has 0 aliphatic rings. The second-order valence-corrected chi connectivity index (χ2v) is 5.12. The van der Waals surface area contributed by atoms with Crippen LogP contribution in [-0.4, -0.2) is 50.5 Å². The number of hydrogen-bond acceptors (Lipinski definition) is 4. The van der Waals surface area contributed by atoms with Crippen molar-refractivity contribution in [1.29, 1.82) is 0 Å². The number of nitrogens with one attached hydrogen (secondary N) is 1. The first-order valence-electron chi connectivity index (χ1n) is 7.00. The molecule has 3 nitrogen and oxygen atoms in total. The molecule has 0 aromatic heterocycles. The molecule has 0 spiro atoms. The maximum atomic E-state index is 5.79. The largest absolute Gasteiger partial charge is 0.491 e. The third-order valence-corrected chi connectivity index (χ3v) is 3.88. The van der Waals surface area contributed by atoms with Gasteiger partial charge in [-0.05, 0) is 31.5 Å². The van der Waals surface area contributed by atoms with Crippen LogP contribution in [-0.2, 0) is 0 Å². The molecule has 0 radical (unpaired) electrons. The fourth-order valence-electron chi connectivity index (χ4n) is 1.87. The smallest absolute Gasteiger partial charge is 0.132 e. The van der Waals surface area contributed by atoms with E-state index in [1.807, 2.05) is 18.2 Å². The first-order valence-corrected chi connectivity index (χ1v) is 8.23. The molecule has 19 heavy (non-hydrogen) atoms. The minimum atomic E-state index is 0.718. The Labute approximate surface area is 121 Å². The Morgan fingerprint density at radius 1 is 1.16 bits per heavy atom. The van der Waals surface area contributed by atoms with Crippen molar-refractivity contribution in [3.05, 3.63) is 24.3 Å². The lowest BCUT2D eigenvalue weighted by Gasteiger charge is -2.18. The van der Waals surface area contributed by atoms with Crippen LogP contribution in [0.3, 0.4) is 0 Å². The average Bonchev–Trinajstić information content (AvgIpc) is 2.47. The molecule has 0 unspecified atom stereocenters. The van der Waals surface area contributed by atoms with Crippen molar-refractivity contribution < 1.29 is 4.74 Å². The molecule has 0 saturated carbocycles. The number of nitrogens with zero attached hydrogens (tertiary/aromatic N) is 1. The normalized spacial score (nSPS) is 10.9. The summed E-state index contributed by atoms with van der Waals surface area (Å²) in [7, 11) is 0. The molecule has 0 atom stereocenters. The Hall–Kier alpha value is -0.710. The first-order chi connectivity index (χ1) is 9.31. The highest BCUT2D eigenvalue weighted by Gasteiger charge is 2.01. The molecule has 0 saturated heterocycles. The zero-order valence-corrected chi connectivity index (χ0v) is 13.1. The number of thioether (sulfide) groups is 1. The standard InChI is InChI=1S/C15H26N2OS/c1-4-17(5-2)12-10-16-11-13-18-14-8-6-7-9-15(14)19-3/h6-9,16H,4-5,10-13H2,1-3H3. The summed E-state index contributed by atoms with van der Waals surface area (Å²) >= 11 is 1.72. The van der Waals surface area contributed by atoms with Crippen LogP contribution in [0.15, 0.2) is 29.2 Å². The Morgan fingerprint density at radius 2 is 1.89 bits per heavy atom. The van der Waals surface area contributed by atoms with Crippen molar-refractivity contribution in [2.24, 2.45) is 0 Å². The van der Waals surface area contributed by atoms with Crippen molar-refractivity contribution in [2.45, 2.75) is 18.7 Å². The fraction of sp³-hybridized carbons (Fsp3) is 0.600. The van der Waals surface area contributed by atoms with Crippen LogP contribution in [0.1, 0.15) is 13.8 Å². The molecule has 0 aliphatic carbocycles. The molecule has 1 aromatic carbocycles. The maximum Gasteiger partial charge on any atom is 0.132 e. The monoisotopic (exact) mass is 282 g/mol. The third-order valence-electron chi connectivity index (χ3n) is 3.10. The second kappa shape index (κ2) is 10.1. The minimum absolute atomic E-state index is 0.718. The van der Waals surface area contributed by atoms with E-state index < -0.39 is 0 Å². The first kappa shape index (κ1) is 16.3. The lowest BCUT2D eigenvalue weighted by atomic mass is 10.3. The van der Waals surface area contributed by atoms with E-state index in [0.717, 1.165) is 45.1 Å². The predicted octanol–water partition coefficient (Wildman–Crippen LogP) is 2.72. The molecule has 108 valence electrons. The molecule has 1 aromatic rings. The zero-order valence-electron chi connectivity index (χ0n) is 12.3. The summed E-state index contributed by atoms with van der Waals surface area (Å²) in [5.41, 5.74) is 0. The Bertz CT molecular complexity index is 343. The van der Waals surface area contributed by atoms with E-state index in [4.69, 9.17) is 4.74 Å². The minimum Gasteiger partial charge on any atom is -0.491 e. The van der Waals surface area contributed by atoms with Crippen molar-refractivity contribution in [1.82, 2.24) is 10.2 Å². The number of ether oxygens (including phenoxy) is 1. The summed E-state index contributed by atoms with van der Waals surface area (Å²) in [5, 5.41) is 3.42. The molecule has 0 amide bonds. The van der Waals surface area contributed by atoms with Gasteiger partial charge in [-0.1, -0.05) is 26.0 Å². The van der Waals surface area contributed by atoms with Crippen molar-refractivity contribution in [3.8, 4) is 5.75 Å². The summed E-state index contributed by atoms with van der Waals surface area (Å²) in [6.45, 7) is 10.4. The summed E-state index contributed by atoms with van der Waals surface area (Å²) in [5.74, 6) is 0.987. The van der Waals surface area contributed by atoms with Gasteiger partial charge in [0.15, 0.2) is 0 Å². The number of rotatable bonds is 10. The van der Waals surface area contributed by atoms with E-state index in [1.165, 1.54) is 4.90 Å². The lowest BCUT2D eigenvalue weighted by Crippen LogP contribution is -2.33. The van der Waals surface area contributed by atoms with E-state index in [2.05, 4.69) is 36.4 Å². The Kier molecular flexibility index (Phi) is 8.71. The quantitative estimate of drug-likeness (QED) is 0.527. The van der Waals surface area contributed by atoms with Gasteiger partial charge in [-0.2, -0.15) is 0 Å². The molecule has 0 bridgehead atoms. The van der Waals surface area contributed by atoms with E-state index in [0.29, 0.717) is 0 Å². The van der Waals surface area contributed by atoms with Crippen LogP contribution in [0.5, 0.6) is 5.75 Å². The van der Waals surface area contributed by atoms with Crippen molar-refractivity contribution in [3.63, 3.8) is 0 Å². The van der Waals surface area contributed by atoms with Crippen LogP contribution in [0.2, 0.25) is 0 Å². The predicted molar refractivity (Wildman–Crippen MR) is 84.4 cm³/mol. The molecule has 0 fully saturated rings. The van der Waals surface area contributed by atoms with Gasteiger partial charge in [0.2, 0.25) is 0 Å². The van der Waals surface area contributed by atoms with Crippen LogP contribution < -0.4 is 10.1 Å². The van der Waals surface area contributed by atoms with E-state index >= 15 is 0 Å². The summed E-state index contributed by atoms with van der Waals surface area (Å²) in [6, 6.07) is 8.18. The van der Waals surface area contributed by atoms with Gasteiger partial charge in [-0.3, -0.25) is 0 Å². The zero-order chi connectivity index (χ0) is 13.9. The van der Waals surface area contributed by atoms with Gasteiger partial charge >= 0.3 is 0 Å². The molecule has 1 rings (SSSR count). The number of para-hydroxylation sites is 1. The number of benzene rings is 1. The molecular weight excluding hydrogens is 256 g/mol. The molecule has 0 aliphatic heterocycles. The van der Waals surface area contributed by atoms with E-state index in [-0.39, 0.29) is 0 Å². The molecule has 1 N–H and O–H groups in total. The van der Waals surface area contributed by atoms with E-state index in [9.17, 15) is 0 Å². The van der Waals surface area contributed by atoms with Crippen LogP contribution >= 0.6 is 11.8 Å². The lowest BCUT2D eigenvalue weighted by molar-refractivity contribution is 0.283. The SMILES string of the molecule is CCN(CC)CCNCCOc1ccccc1SC. The maximum absolute atomic E-state index is 5.79. The van der Waals surface area contributed by atoms with E-state index in [1.54, 1.807) is 11.8 Å². The van der Waals surface area contributed by atoms with Gasteiger partial charge in [0.25, 0.3) is 0 Å². The Morgan fingerprint density at radius 3 is 2.58 bits per heavy atom. The van der Waals surface area contributed by atoms with Gasteiger partial charge < -0.3 is 15.0 Å². The molecule has 0 heterocycles. The van der Waals surface area contributed by atoms with Crippen LogP contribution in [0, 0.1) is 0 Å². The highest BCUT2D eigenvalue weighted by molar-refractivity contribution is 7.98. The van der Waals surface area contributed by atoms with Gasteiger partial charge in [0.1, 0.15) is 12.4 Å². The molecule has 4 heteroatoms. The fourth-order valence-corrected chi connectivity index (χ4v) is 2.42. The molecular formula is C15H26N2OS. The highest BCUT2D eigenvalue weighted by Crippen LogP contribution is 2.26. The number of likely N-dealkylation sites (N-methyl/N-ethyl adjacent to an activating group) is 1. The summed E-state index contributed by atoms with van der Waals surface area (Å²) in [6.07, 6.45) is 2.07. The van der Waals surface area contributed by atoms with Gasteiger partial charge in [-0.25, -0.2) is 0 Å².